The molecule has 2 aliphatic rings. The molecule has 2 fully saturated rings. The summed E-state index contributed by atoms with van der Waals surface area (Å²) in [4.78, 5) is 7.41. The van der Waals surface area contributed by atoms with E-state index in [4.69, 9.17) is 9.73 Å². The zero-order valence-corrected chi connectivity index (χ0v) is 18.4. The van der Waals surface area contributed by atoms with Crippen LogP contribution in [-0.4, -0.2) is 56.8 Å². The molecule has 0 radical (unpaired) electrons. The number of aryl methyl sites for hydroxylation is 1. The SMILES string of the molecule is CCNC(=NCC(c1cccc(C)c1)N1CCOCC1)NCC1CC1.I. The fourth-order valence-electron chi connectivity index (χ4n) is 3.28. The van der Waals surface area contributed by atoms with Gasteiger partial charge in [-0.2, -0.15) is 0 Å². The highest BCUT2D eigenvalue weighted by molar-refractivity contribution is 14.0. The van der Waals surface area contributed by atoms with Gasteiger partial charge < -0.3 is 15.4 Å². The van der Waals surface area contributed by atoms with Crippen LogP contribution in [0.3, 0.4) is 0 Å². The first-order valence-electron chi connectivity index (χ1n) is 9.67. The first-order chi connectivity index (χ1) is 12.3. The lowest BCUT2D eigenvalue weighted by molar-refractivity contribution is 0.0179. The van der Waals surface area contributed by atoms with Gasteiger partial charge >= 0.3 is 0 Å². The molecular formula is C20H33IN4O. The highest BCUT2D eigenvalue weighted by Gasteiger charge is 2.23. The monoisotopic (exact) mass is 472 g/mol. The smallest absolute Gasteiger partial charge is 0.191 e. The number of nitrogens with zero attached hydrogens (tertiary/aromatic N) is 2. The minimum absolute atomic E-state index is 0. The van der Waals surface area contributed by atoms with Gasteiger partial charge in [-0.1, -0.05) is 29.8 Å². The molecule has 3 rings (SSSR count). The molecule has 2 N–H and O–H groups in total. The van der Waals surface area contributed by atoms with Gasteiger partial charge in [-0.3, -0.25) is 9.89 Å². The molecule has 0 amide bonds. The largest absolute Gasteiger partial charge is 0.379 e. The van der Waals surface area contributed by atoms with Crippen molar-refractivity contribution in [3.63, 3.8) is 0 Å². The van der Waals surface area contributed by atoms with Crippen LogP contribution in [0.1, 0.15) is 36.9 Å². The Labute approximate surface area is 175 Å². The zero-order chi connectivity index (χ0) is 17.5. The molecule has 5 nitrogen and oxygen atoms in total. The van der Waals surface area contributed by atoms with Crippen molar-refractivity contribution in [2.75, 3.05) is 45.9 Å². The minimum atomic E-state index is 0. The van der Waals surface area contributed by atoms with Crippen molar-refractivity contribution in [1.82, 2.24) is 15.5 Å². The van der Waals surface area contributed by atoms with Gasteiger partial charge in [0.15, 0.2) is 5.96 Å². The molecule has 0 aromatic heterocycles. The molecule has 0 spiro atoms. The first-order valence-corrected chi connectivity index (χ1v) is 9.67. The van der Waals surface area contributed by atoms with Crippen molar-refractivity contribution < 1.29 is 4.74 Å². The lowest BCUT2D eigenvalue weighted by Gasteiger charge is -2.34. The summed E-state index contributed by atoms with van der Waals surface area (Å²) < 4.78 is 5.54. The molecule has 1 saturated heterocycles. The molecule has 1 aliphatic heterocycles. The number of ether oxygens (including phenoxy) is 1. The van der Waals surface area contributed by atoms with Gasteiger partial charge in [0, 0.05) is 26.2 Å². The number of nitrogens with one attached hydrogen (secondary N) is 2. The summed E-state index contributed by atoms with van der Waals surface area (Å²) in [7, 11) is 0. The quantitative estimate of drug-likeness (QED) is 0.364. The molecular weight excluding hydrogens is 439 g/mol. The normalized spacial score (nSPS) is 19.5. The summed E-state index contributed by atoms with van der Waals surface area (Å²) in [6.45, 7) is 10.5. The molecule has 1 heterocycles. The van der Waals surface area contributed by atoms with Crippen LogP contribution < -0.4 is 10.6 Å². The number of rotatable bonds is 7. The van der Waals surface area contributed by atoms with Gasteiger partial charge in [-0.15, -0.1) is 24.0 Å². The number of aliphatic imine (C=N–C) groups is 1. The first kappa shape index (κ1) is 21.4. The molecule has 1 atom stereocenters. The number of guanidine groups is 1. The number of hydrogen-bond donors (Lipinski definition) is 2. The minimum Gasteiger partial charge on any atom is -0.379 e. The number of hydrogen-bond acceptors (Lipinski definition) is 3. The van der Waals surface area contributed by atoms with E-state index < -0.39 is 0 Å². The highest BCUT2D eigenvalue weighted by atomic mass is 127. The van der Waals surface area contributed by atoms with E-state index in [2.05, 4.69) is 53.6 Å². The third kappa shape index (κ3) is 6.70. The second-order valence-corrected chi connectivity index (χ2v) is 7.12. The summed E-state index contributed by atoms with van der Waals surface area (Å²) in [5.41, 5.74) is 2.65. The predicted molar refractivity (Wildman–Crippen MR) is 118 cm³/mol. The van der Waals surface area contributed by atoms with Gasteiger partial charge in [-0.25, -0.2) is 0 Å². The average Bonchev–Trinajstić information content (AvgIpc) is 3.45. The van der Waals surface area contributed by atoms with E-state index in [-0.39, 0.29) is 24.0 Å². The molecule has 1 unspecified atom stereocenters. The Hall–Kier alpha value is -0.860. The Morgan fingerprint density at radius 2 is 2.04 bits per heavy atom. The Morgan fingerprint density at radius 3 is 2.69 bits per heavy atom. The number of halogens is 1. The zero-order valence-electron chi connectivity index (χ0n) is 16.0. The van der Waals surface area contributed by atoms with Crippen molar-refractivity contribution in [2.24, 2.45) is 10.9 Å². The van der Waals surface area contributed by atoms with Gasteiger partial charge in [0.2, 0.25) is 0 Å². The summed E-state index contributed by atoms with van der Waals surface area (Å²) >= 11 is 0. The fourth-order valence-corrected chi connectivity index (χ4v) is 3.28. The summed E-state index contributed by atoms with van der Waals surface area (Å²) in [6.07, 6.45) is 2.71. The third-order valence-electron chi connectivity index (χ3n) is 4.94. The van der Waals surface area contributed by atoms with Crippen LogP contribution in [0.5, 0.6) is 0 Å². The van der Waals surface area contributed by atoms with E-state index in [1.165, 1.54) is 24.0 Å². The summed E-state index contributed by atoms with van der Waals surface area (Å²) in [6, 6.07) is 9.14. The second kappa shape index (κ2) is 11.1. The lowest BCUT2D eigenvalue weighted by atomic mass is 10.0. The van der Waals surface area contributed by atoms with E-state index in [9.17, 15) is 0 Å². The standard InChI is InChI=1S/C20H32N4O.HI/c1-3-21-20(22-14-17-7-8-17)23-15-19(24-9-11-25-12-10-24)18-6-4-5-16(2)13-18;/h4-6,13,17,19H,3,7-12,14-15H2,1-2H3,(H2,21,22,23);1H. The van der Waals surface area contributed by atoms with E-state index in [1.807, 2.05) is 0 Å². The maximum absolute atomic E-state index is 5.54. The van der Waals surface area contributed by atoms with E-state index in [1.54, 1.807) is 0 Å². The van der Waals surface area contributed by atoms with E-state index in [0.29, 0.717) is 6.04 Å². The van der Waals surface area contributed by atoms with Gasteiger partial charge in [0.25, 0.3) is 0 Å². The number of morpholine rings is 1. The average molecular weight is 472 g/mol. The predicted octanol–water partition coefficient (Wildman–Crippen LogP) is 2.95. The number of benzene rings is 1. The highest BCUT2D eigenvalue weighted by Crippen LogP contribution is 2.27. The maximum Gasteiger partial charge on any atom is 0.191 e. The van der Waals surface area contributed by atoms with Crippen LogP contribution in [0.25, 0.3) is 0 Å². The molecule has 1 aromatic rings. The van der Waals surface area contributed by atoms with Crippen molar-refractivity contribution in [3.8, 4) is 0 Å². The van der Waals surface area contributed by atoms with Gasteiger partial charge in [0.1, 0.15) is 0 Å². The maximum atomic E-state index is 5.54. The lowest BCUT2D eigenvalue weighted by Crippen LogP contribution is -2.42. The Kier molecular flexibility index (Phi) is 9.15. The molecule has 0 bridgehead atoms. The fraction of sp³-hybridized carbons (Fsp3) is 0.650. The van der Waals surface area contributed by atoms with Crippen LogP contribution in [0, 0.1) is 12.8 Å². The Bertz CT molecular complexity index is 571. The van der Waals surface area contributed by atoms with Crippen LogP contribution in [0.2, 0.25) is 0 Å². The van der Waals surface area contributed by atoms with Crippen molar-refractivity contribution >= 4 is 29.9 Å². The molecule has 1 aromatic carbocycles. The van der Waals surface area contributed by atoms with Gasteiger partial charge in [0.05, 0.1) is 25.8 Å². The second-order valence-electron chi connectivity index (χ2n) is 7.12. The van der Waals surface area contributed by atoms with Crippen molar-refractivity contribution in [2.45, 2.75) is 32.7 Å². The summed E-state index contributed by atoms with van der Waals surface area (Å²) in [5.74, 6) is 1.79. The van der Waals surface area contributed by atoms with Crippen LogP contribution in [0.15, 0.2) is 29.3 Å². The van der Waals surface area contributed by atoms with Crippen LogP contribution >= 0.6 is 24.0 Å². The van der Waals surface area contributed by atoms with Crippen molar-refractivity contribution in [1.29, 1.82) is 0 Å². The topological polar surface area (TPSA) is 48.9 Å². The third-order valence-corrected chi connectivity index (χ3v) is 4.94. The van der Waals surface area contributed by atoms with Crippen LogP contribution in [-0.2, 0) is 4.74 Å². The molecule has 26 heavy (non-hydrogen) atoms. The van der Waals surface area contributed by atoms with E-state index >= 15 is 0 Å². The molecule has 146 valence electrons. The molecule has 1 aliphatic carbocycles. The van der Waals surface area contributed by atoms with E-state index in [0.717, 1.165) is 57.8 Å². The van der Waals surface area contributed by atoms with Crippen LogP contribution in [0.4, 0.5) is 0 Å². The van der Waals surface area contributed by atoms with Gasteiger partial charge in [-0.05, 0) is 38.2 Å². The Balaban J connectivity index is 0.00000243. The Morgan fingerprint density at radius 1 is 1.27 bits per heavy atom. The van der Waals surface area contributed by atoms with Crippen molar-refractivity contribution in [3.05, 3.63) is 35.4 Å². The molecule has 6 heteroatoms. The summed E-state index contributed by atoms with van der Waals surface area (Å²) in [5, 5.41) is 6.88. The molecule has 1 saturated carbocycles.